The zero-order valence-corrected chi connectivity index (χ0v) is 12.5. The van der Waals surface area contributed by atoms with Crippen molar-refractivity contribution < 1.29 is 14.1 Å². The molecular formula is C14H10Cl2O3S. The highest BCUT2D eigenvalue weighted by atomic mass is 35.5. The molecule has 0 amide bonds. The summed E-state index contributed by atoms with van der Waals surface area (Å²) in [5.41, 5.74) is 0.770. The molecule has 0 spiro atoms. The lowest BCUT2D eigenvalue weighted by molar-refractivity contribution is 0.0696. The van der Waals surface area contributed by atoms with Crippen LogP contribution in [0.2, 0.25) is 10.0 Å². The van der Waals surface area contributed by atoms with Gasteiger partial charge in [-0.15, -0.1) is 0 Å². The lowest BCUT2D eigenvalue weighted by Crippen LogP contribution is -2.01. The van der Waals surface area contributed by atoms with Crippen LogP contribution in [0, 0.1) is 0 Å². The van der Waals surface area contributed by atoms with E-state index in [1.807, 2.05) is 0 Å². The van der Waals surface area contributed by atoms with Crippen LogP contribution in [0.1, 0.15) is 15.9 Å². The number of aromatic carboxylic acids is 1. The van der Waals surface area contributed by atoms with Crippen molar-refractivity contribution >= 4 is 40.0 Å². The summed E-state index contributed by atoms with van der Waals surface area (Å²) in [6, 6.07) is 11.2. The fourth-order valence-electron chi connectivity index (χ4n) is 1.66. The first-order valence-electron chi connectivity index (χ1n) is 5.63. The van der Waals surface area contributed by atoms with Gasteiger partial charge in [-0.05, 0) is 29.8 Å². The monoisotopic (exact) mass is 328 g/mol. The Balaban J connectivity index is 2.26. The molecule has 0 radical (unpaired) electrons. The number of benzene rings is 2. The van der Waals surface area contributed by atoms with Gasteiger partial charge >= 0.3 is 5.97 Å². The van der Waals surface area contributed by atoms with E-state index in [9.17, 15) is 9.00 Å². The molecule has 0 saturated heterocycles. The van der Waals surface area contributed by atoms with Crippen molar-refractivity contribution in [2.24, 2.45) is 0 Å². The van der Waals surface area contributed by atoms with Crippen molar-refractivity contribution in [3.63, 3.8) is 0 Å². The summed E-state index contributed by atoms with van der Waals surface area (Å²) < 4.78 is 12.3. The third-order valence-electron chi connectivity index (χ3n) is 2.66. The summed E-state index contributed by atoms with van der Waals surface area (Å²) in [5.74, 6) is -0.868. The molecule has 0 aliphatic carbocycles. The van der Waals surface area contributed by atoms with Crippen LogP contribution in [0.4, 0.5) is 0 Å². The minimum absolute atomic E-state index is 0.105. The number of carboxylic acid groups (broad SMARTS) is 1. The van der Waals surface area contributed by atoms with Crippen molar-refractivity contribution in [1.29, 1.82) is 0 Å². The van der Waals surface area contributed by atoms with Gasteiger partial charge in [-0.1, -0.05) is 41.4 Å². The van der Waals surface area contributed by atoms with Crippen LogP contribution < -0.4 is 0 Å². The summed E-state index contributed by atoms with van der Waals surface area (Å²) in [6.45, 7) is 0. The zero-order valence-electron chi connectivity index (χ0n) is 10.2. The van der Waals surface area contributed by atoms with Gasteiger partial charge in [0.1, 0.15) is 0 Å². The Morgan fingerprint density at radius 1 is 1.15 bits per heavy atom. The lowest BCUT2D eigenvalue weighted by Gasteiger charge is -2.06. The smallest absolute Gasteiger partial charge is 0.335 e. The fourth-order valence-corrected chi connectivity index (χ4v) is 3.30. The first-order valence-corrected chi connectivity index (χ1v) is 7.71. The molecule has 0 fully saturated rings. The van der Waals surface area contributed by atoms with E-state index in [0.29, 0.717) is 20.5 Å². The quantitative estimate of drug-likeness (QED) is 0.922. The third-order valence-corrected chi connectivity index (χ3v) is 4.87. The van der Waals surface area contributed by atoms with Crippen molar-refractivity contribution in [2.75, 3.05) is 0 Å². The summed E-state index contributed by atoms with van der Waals surface area (Å²) in [4.78, 5) is 11.3. The Morgan fingerprint density at radius 3 is 2.55 bits per heavy atom. The number of hydrogen-bond acceptors (Lipinski definition) is 2. The predicted octanol–water partition coefficient (Wildman–Crippen LogP) is 4.00. The first-order chi connectivity index (χ1) is 9.49. The molecule has 104 valence electrons. The number of hydrogen-bond donors (Lipinski definition) is 1. The highest BCUT2D eigenvalue weighted by Gasteiger charge is 2.12. The van der Waals surface area contributed by atoms with E-state index in [1.165, 1.54) is 12.1 Å². The van der Waals surface area contributed by atoms with Crippen LogP contribution in [-0.2, 0) is 16.6 Å². The molecule has 20 heavy (non-hydrogen) atoms. The zero-order chi connectivity index (χ0) is 14.7. The van der Waals surface area contributed by atoms with E-state index in [-0.39, 0.29) is 11.3 Å². The van der Waals surface area contributed by atoms with Crippen molar-refractivity contribution in [1.82, 2.24) is 0 Å². The molecule has 2 rings (SSSR count). The summed E-state index contributed by atoms with van der Waals surface area (Å²) in [6.07, 6.45) is 0. The molecule has 2 aromatic carbocycles. The highest BCUT2D eigenvalue weighted by Crippen LogP contribution is 2.27. The number of rotatable bonds is 4. The molecule has 0 heterocycles. The summed E-state index contributed by atoms with van der Waals surface area (Å²) in [7, 11) is -1.39. The normalized spacial score (nSPS) is 12.1. The van der Waals surface area contributed by atoms with E-state index in [0.717, 1.165) is 0 Å². The Hall–Kier alpha value is -1.36. The Bertz CT molecular complexity index is 686. The lowest BCUT2D eigenvalue weighted by atomic mass is 10.2. The maximum Gasteiger partial charge on any atom is 0.335 e. The van der Waals surface area contributed by atoms with Gasteiger partial charge in [0.15, 0.2) is 0 Å². The van der Waals surface area contributed by atoms with Crippen molar-refractivity contribution in [3.05, 3.63) is 63.6 Å². The molecule has 0 aliphatic heterocycles. The highest BCUT2D eigenvalue weighted by molar-refractivity contribution is 7.84. The van der Waals surface area contributed by atoms with Crippen LogP contribution in [0.25, 0.3) is 0 Å². The number of carbonyl (C=O) groups is 1. The average Bonchev–Trinajstić information content (AvgIpc) is 2.44. The Kier molecular flexibility index (Phi) is 4.81. The van der Waals surface area contributed by atoms with Crippen LogP contribution in [0.3, 0.4) is 0 Å². The molecule has 2 aromatic rings. The van der Waals surface area contributed by atoms with Crippen LogP contribution in [-0.4, -0.2) is 15.3 Å². The standard InChI is InChI=1S/C14H10Cl2O3S/c15-12-6-2-4-10(13(12)16)8-20(19)11-5-1-3-9(7-11)14(17)18/h1-7H,8H2,(H,17,18). The largest absolute Gasteiger partial charge is 0.478 e. The average molecular weight is 329 g/mol. The van der Waals surface area contributed by atoms with Gasteiger partial charge in [-0.2, -0.15) is 0 Å². The minimum Gasteiger partial charge on any atom is -0.478 e. The van der Waals surface area contributed by atoms with E-state index in [2.05, 4.69) is 0 Å². The van der Waals surface area contributed by atoms with Gasteiger partial charge < -0.3 is 5.11 Å². The topological polar surface area (TPSA) is 54.4 Å². The molecule has 1 N–H and O–H groups in total. The first kappa shape index (κ1) is 15.0. The predicted molar refractivity (Wildman–Crippen MR) is 80.0 cm³/mol. The third kappa shape index (κ3) is 3.39. The van der Waals surface area contributed by atoms with E-state index >= 15 is 0 Å². The van der Waals surface area contributed by atoms with Gasteiger partial charge in [0, 0.05) is 4.90 Å². The second kappa shape index (κ2) is 6.39. The second-order valence-electron chi connectivity index (χ2n) is 4.04. The molecule has 0 bridgehead atoms. The molecule has 1 unspecified atom stereocenters. The molecule has 0 aliphatic rings. The molecule has 0 aromatic heterocycles. The fraction of sp³-hybridized carbons (Fsp3) is 0.0714. The van der Waals surface area contributed by atoms with Gasteiger partial charge in [-0.25, -0.2) is 4.79 Å². The minimum atomic E-state index is -1.39. The van der Waals surface area contributed by atoms with Gasteiger partial charge in [0.05, 0.1) is 32.2 Å². The van der Waals surface area contributed by atoms with Crippen LogP contribution in [0.15, 0.2) is 47.4 Å². The second-order valence-corrected chi connectivity index (χ2v) is 6.27. The maximum absolute atomic E-state index is 12.3. The van der Waals surface area contributed by atoms with Crippen LogP contribution >= 0.6 is 23.2 Å². The van der Waals surface area contributed by atoms with E-state index in [1.54, 1.807) is 30.3 Å². The SMILES string of the molecule is O=C(O)c1cccc(S(=O)Cc2cccc(Cl)c2Cl)c1. The molecule has 1 atom stereocenters. The Morgan fingerprint density at radius 2 is 1.85 bits per heavy atom. The van der Waals surface area contributed by atoms with Gasteiger partial charge in [-0.3, -0.25) is 4.21 Å². The molecule has 3 nitrogen and oxygen atoms in total. The van der Waals surface area contributed by atoms with Gasteiger partial charge in [0.2, 0.25) is 0 Å². The van der Waals surface area contributed by atoms with Crippen molar-refractivity contribution in [2.45, 2.75) is 10.6 Å². The van der Waals surface area contributed by atoms with Crippen LogP contribution in [0.5, 0.6) is 0 Å². The molecule has 6 heteroatoms. The van der Waals surface area contributed by atoms with Crippen molar-refractivity contribution in [3.8, 4) is 0 Å². The molecular weight excluding hydrogens is 319 g/mol. The molecule has 0 saturated carbocycles. The maximum atomic E-state index is 12.3. The summed E-state index contributed by atoms with van der Waals surface area (Å²) in [5, 5.41) is 9.70. The van der Waals surface area contributed by atoms with E-state index < -0.39 is 16.8 Å². The van der Waals surface area contributed by atoms with Gasteiger partial charge in [0.25, 0.3) is 0 Å². The number of carboxylic acids is 1. The summed E-state index contributed by atoms with van der Waals surface area (Å²) >= 11 is 11.9. The number of halogens is 2. The van der Waals surface area contributed by atoms with E-state index in [4.69, 9.17) is 28.3 Å². The Labute approximate surface area is 128 Å².